The van der Waals surface area contributed by atoms with E-state index in [1.807, 2.05) is 13.1 Å². The summed E-state index contributed by atoms with van der Waals surface area (Å²) in [5.41, 5.74) is 2.36. The maximum absolute atomic E-state index is 6.43. The summed E-state index contributed by atoms with van der Waals surface area (Å²) in [6.45, 7) is 2.29. The van der Waals surface area contributed by atoms with Gasteiger partial charge in [-0.05, 0) is 37.8 Å². The molecule has 0 spiro atoms. The maximum Gasteiger partial charge on any atom is 0.165 e. The number of fused-ring (bicyclic) bond motifs is 1. The summed E-state index contributed by atoms with van der Waals surface area (Å²) in [5.74, 6) is 2.19. The molecule has 0 radical (unpaired) electrons. The predicted molar refractivity (Wildman–Crippen MR) is 78.5 cm³/mol. The topological polar surface area (TPSA) is 30.5 Å². The summed E-state index contributed by atoms with van der Waals surface area (Å²) in [4.78, 5) is 0. The average molecular weight is 284 g/mol. The van der Waals surface area contributed by atoms with E-state index in [-0.39, 0.29) is 6.04 Å². The van der Waals surface area contributed by atoms with Gasteiger partial charge in [-0.3, -0.25) is 0 Å². The molecule has 1 aromatic carbocycles. The third kappa shape index (κ3) is 2.67. The van der Waals surface area contributed by atoms with E-state index in [1.165, 1.54) is 11.1 Å². The highest BCUT2D eigenvalue weighted by Crippen LogP contribution is 2.45. The molecule has 0 bridgehead atoms. The van der Waals surface area contributed by atoms with Gasteiger partial charge in [0.2, 0.25) is 0 Å². The van der Waals surface area contributed by atoms with Gasteiger partial charge in [-0.15, -0.1) is 0 Å². The van der Waals surface area contributed by atoms with Crippen LogP contribution < -0.4 is 14.8 Å². The van der Waals surface area contributed by atoms with Gasteiger partial charge >= 0.3 is 0 Å². The van der Waals surface area contributed by atoms with Crippen LogP contribution in [0.1, 0.15) is 36.9 Å². The molecule has 106 valence electrons. The molecule has 2 atom stereocenters. The first-order chi connectivity index (χ1) is 9.12. The zero-order chi connectivity index (χ0) is 14.0. The predicted octanol–water partition coefficient (Wildman–Crippen LogP) is 3.59. The number of rotatable bonds is 3. The molecule has 0 aromatic heterocycles. The molecule has 1 aliphatic carbocycles. The van der Waals surface area contributed by atoms with Crippen LogP contribution in [0.5, 0.6) is 11.5 Å². The second-order valence-corrected chi connectivity index (χ2v) is 5.61. The van der Waals surface area contributed by atoms with Crippen molar-refractivity contribution < 1.29 is 9.47 Å². The monoisotopic (exact) mass is 283 g/mol. The number of benzene rings is 1. The first-order valence-corrected chi connectivity index (χ1v) is 7.10. The lowest BCUT2D eigenvalue weighted by molar-refractivity contribution is 0.343. The zero-order valence-corrected chi connectivity index (χ0v) is 12.8. The van der Waals surface area contributed by atoms with Crippen LogP contribution >= 0.6 is 11.6 Å². The largest absolute Gasteiger partial charge is 0.493 e. The Labute approximate surface area is 120 Å². The van der Waals surface area contributed by atoms with Gasteiger partial charge in [0.25, 0.3) is 0 Å². The van der Waals surface area contributed by atoms with Gasteiger partial charge in [0.15, 0.2) is 11.5 Å². The van der Waals surface area contributed by atoms with E-state index in [0.717, 1.165) is 30.0 Å². The van der Waals surface area contributed by atoms with Crippen molar-refractivity contribution >= 4 is 11.6 Å². The Kier molecular flexibility index (Phi) is 4.58. The molecular weight excluding hydrogens is 262 g/mol. The van der Waals surface area contributed by atoms with E-state index in [9.17, 15) is 0 Å². The van der Waals surface area contributed by atoms with Crippen molar-refractivity contribution in [3.8, 4) is 11.5 Å². The Morgan fingerprint density at radius 1 is 1.32 bits per heavy atom. The molecular formula is C15H22ClNO2. The summed E-state index contributed by atoms with van der Waals surface area (Å²) >= 11 is 6.43. The van der Waals surface area contributed by atoms with E-state index < -0.39 is 0 Å². The minimum absolute atomic E-state index is 0.259. The van der Waals surface area contributed by atoms with E-state index in [1.54, 1.807) is 14.2 Å². The summed E-state index contributed by atoms with van der Waals surface area (Å²) in [5, 5.41) is 4.17. The third-order valence-electron chi connectivity index (χ3n) is 3.99. The molecule has 1 aromatic rings. The van der Waals surface area contributed by atoms with E-state index >= 15 is 0 Å². The van der Waals surface area contributed by atoms with Crippen LogP contribution in [-0.4, -0.2) is 21.3 Å². The molecule has 3 nitrogen and oxygen atoms in total. The van der Waals surface area contributed by atoms with Crippen LogP contribution in [0.25, 0.3) is 0 Å². The Morgan fingerprint density at radius 2 is 2.05 bits per heavy atom. The second kappa shape index (κ2) is 6.02. The number of halogens is 1. The molecule has 0 amide bonds. The van der Waals surface area contributed by atoms with Crippen LogP contribution in [0.2, 0.25) is 5.02 Å². The smallest absolute Gasteiger partial charge is 0.165 e. The number of nitrogens with one attached hydrogen (secondary N) is 1. The van der Waals surface area contributed by atoms with Crippen molar-refractivity contribution in [1.82, 2.24) is 5.32 Å². The lowest BCUT2D eigenvalue weighted by atomic mass is 9.96. The summed E-state index contributed by atoms with van der Waals surface area (Å²) in [6.07, 6.45) is 3.23. The first-order valence-electron chi connectivity index (χ1n) is 6.72. The van der Waals surface area contributed by atoms with Crippen molar-refractivity contribution in [2.75, 3.05) is 21.3 Å². The summed E-state index contributed by atoms with van der Waals surface area (Å²) in [6, 6.07) is 2.12. The Balaban J connectivity index is 2.63. The fourth-order valence-corrected chi connectivity index (χ4v) is 3.24. The van der Waals surface area contributed by atoms with Crippen LogP contribution in [0.4, 0.5) is 0 Å². The Bertz CT molecular complexity index is 462. The summed E-state index contributed by atoms with van der Waals surface area (Å²) < 4.78 is 11.0. The molecule has 19 heavy (non-hydrogen) atoms. The van der Waals surface area contributed by atoms with Crippen LogP contribution in [0.3, 0.4) is 0 Å². The van der Waals surface area contributed by atoms with E-state index in [2.05, 4.69) is 12.2 Å². The number of hydrogen-bond donors (Lipinski definition) is 1. The standard InChI is InChI=1S/C15H22ClNO2/c1-9-5-6-10-11(16)8-13(18-3)15(19-4)14(10)12(7-9)17-2/h8-9,12,17H,5-7H2,1-4H3. The molecule has 0 saturated heterocycles. The molecule has 0 fully saturated rings. The number of methoxy groups -OCH3 is 2. The lowest BCUT2D eigenvalue weighted by Crippen LogP contribution is -2.19. The summed E-state index contributed by atoms with van der Waals surface area (Å²) in [7, 11) is 5.32. The van der Waals surface area contributed by atoms with Gasteiger partial charge in [-0.1, -0.05) is 18.5 Å². The number of ether oxygens (including phenoxy) is 2. The molecule has 1 N–H and O–H groups in total. The molecule has 1 aliphatic rings. The van der Waals surface area contributed by atoms with Crippen molar-refractivity contribution in [2.45, 2.75) is 32.2 Å². The van der Waals surface area contributed by atoms with Crippen LogP contribution in [0, 0.1) is 5.92 Å². The Morgan fingerprint density at radius 3 is 2.63 bits per heavy atom. The SMILES string of the molecule is CNC1CC(C)CCc2c(Cl)cc(OC)c(OC)c21. The lowest BCUT2D eigenvalue weighted by Gasteiger charge is -2.23. The average Bonchev–Trinajstić information content (AvgIpc) is 2.58. The zero-order valence-electron chi connectivity index (χ0n) is 12.0. The Hall–Kier alpha value is -0.930. The maximum atomic E-state index is 6.43. The molecule has 0 aliphatic heterocycles. The minimum Gasteiger partial charge on any atom is -0.493 e. The van der Waals surface area contributed by atoms with E-state index in [4.69, 9.17) is 21.1 Å². The quantitative estimate of drug-likeness (QED) is 0.860. The normalized spacial score (nSPS) is 22.6. The fourth-order valence-electron chi connectivity index (χ4n) is 2.94. The van der Waals surface area contributed by atoms with Gasteiger partial charge < -0.3 is 14.8 Å². The van der Waals surface area contributed by atoms with Gasteiger partial charge in [-0.25, -0.2) is 0 Å². The molecule has 0 heterocycles. The molecule has 2 unspecified atom stereocenters. The highest BCUT2D eigenvalue weighted by molar-refractivity contribution is 6.31. The minimum atomic E-state index is 0.259. The van der Waals surface area contributed by atoms with Crippen LogP contribution in [0.15, 0.2) is 6.07 Å². The first kappa shape index (κ1) is 14.5. The van der Waals surface area contributed by atoms with Crippen molar-refractivity contribution in [2.24, 2.45) is 5.92 Å². The van der Waals surface area contributed by atoms with Gasteiger partial charge in [0.05, 0.1) is 14.2 Å². The van der Waals surface area contributed by atoms with E-state index in [0.29, 0.717) is 11.7 Å². The second-order valence-electron chi connectivity index (χ2n) is 5.21. The molecule has 0 saturated carbocycles. The highest BCUT2D eigenvalue weighted by Gasteiger charge is 2.28. The molecule has 4 heteroatoms. The van der Waals surface area contributed by atoms with Gasteiger partial charge in [-0.2, -0.15) is 0 Å². The van der Waals surface area contributed by atoms with Crippen molar-refractivity contribution in [3.05, 3.63) is 22.2 Å². The van der Waals surface area contributed by atoms with Crippen LogP contribution in [-0.2, 0) is 6.42 Å². The fraction of sp³-hybridized carbons (Fsp3) is 0.600. The number of hydrogen-bond acceptors (Lipinski definition) is 3. The van der Waals surface area contributed by atoms with Crippen molar-refractivity contribution in [3.63, 3.8) is 0 Å². The van der Waals surface area contributed by atoms with Crippen molar-refractivity contribution in [1.29, 1.82) is 0 Å². The third-order valence-corrected chi connectivity index (χ3v) is 4.32. The highest BCUT2D eigenvalue weighted by atomic mass is 35.5. The van der Waals surface area contributed by atoms with Gasteiger partial charge in [0.1, 0.15) is 0 Å². The molecule has 2 rings (SSSR count). The van der Waals surface area contributed by atoms with Gasteiger partial charge in [0, 0.05) is 22.7 Å².